The molecule has 4 heterocycles. The van der Waals surface area contributed by atoms with Crippen molar-refractivity contribution in [3.8, 4) is 33.9 Å². The van der Waals surface area contributed by atoms with Crippen molar-refractivity contribution >= 4 is 56.0 Å². The lowest BCUT2D eigenvalue weighted by atomic mass is 9.73. The van der Waals surface area contributed by atoms with E-state index < -0.39 is 8.07 Å². The van der Waals surface area contributed by atoms with Crippen LogP contribution in [0.4, 0.5) is 0 Å². The van der Waals surface area contributed by atoms with Gasteiger partial charge in [0.15, 0.2) is 4.96 Å². The summed E-state index contributed by atoms with van der Waals surface area (Å²) in [4.78, 5) is 11.7. The van der Waals surface area contributed by atoms with Crippen LogP contribution in [0.15, 0.2) is 91.1 Å². The third kappa shape index (κ3) is 4.23. The molecule has 1 aliphatic rings. The van der Waals surface area contributed by atoms with Gasteiger partial charge in [0.1, 0.15) is 19.6 Å². The van der Waals surface area contributed by atoms with E-state index in [2.05, 4.69) is 150 Å². The van der Waals surface area contributed by atoms with Gasteiger partial charge >= 0.3 is 0 Å². The highest BCUT2D eigenvalue weighted by Gasteiger charge is 2.39. The van der Waals surface area contributed by atoms with Crippen LogP contribution in [0.1, 0.15) is 52.7 Å². The highest BCUT2D eigenvalue weighted by molar-refractivity contribution is 7.23. The molecule has 8 rings (SSSR count). The molecule has 0 amide bonds. The summed E-state index contributed by atoms with van der Waals surface area (Å²) in [5.41, 5.74) is 9.87. The minimum atomic E-state index is -2.01. The maximum atomic E-state index is 6.83. The molecule has 6 heteroatoms. The number of thiazole rings is 1. The van der Waals surface area contributed by atoms with Crippen molar-refractivity contribution in [2.75, 3.05) is 0 Å². The van der Waals surface area contributed by atoms with Crippen molar-refractivity contribution in [2.24, 2.45) is 0 Å². The van der Waals surface area contributed by atoms with Crippen LogP contribution in [0.3, 0.4) is 0 Å². The van der Waals surface area contributed by atoms with Gasteiger partial charge in [-0.25, -0.2) is 4.98 Å². The maximum absolute atomic E-state index is 6.83. The van der Waals surface area contributed by atoms with E-state index in [9.17, 15) is 0 Å². The van der Waals surface area contributed by atoms with E-state index in [4.69, 9.17) is 14.7 Å². The van der Waals surface area contributed by atoms with E-state index in [1.54, 1.807) is 11.3 Å². The molecular formula is C40H39N3OSSi. The summed E-state index contributed by atoms with van der Waals surface area (Å²) in [6.45, 7) is 18.7. The molecule has 0 fully saturated rings. The Morgan fingerprint density at radius 3 is 2.17 bits per heavy atom. The predicted octanol–water partition coefficient (Wildman–Crippen LogP) is 9.95. The number of benzene rings is 4. The molecule has 0 spiro atoms. The summed E-state index contributed by atoms with van der Waals surface area (Å²) in [5.74, 6) is 1.93. The molecule has 1 aliphatic heterocycles. The zero-order valence-electron chi connectivity index (χ0n) is 27.8. The van der Waals surface area contributed by atoms with Crippen molar-refractivity contribution < 1.29 is 4.74 Å². The molecule has 3 aromatic heterocycles. The predicted molar refractivity (Wildman–Crippen MR) is 197 cm³/mol. The topological polar surface area (TPSA) is 39.4 Å². The van der Waals surface area contributed by atoms with E-state index in [1.807, 2.05) is 0 Å². The number of rotatable bonds is 2. The minimum absolute atomic E-state index is 0.146. The number of imidazole rings is 1. The van der Waals surface area contributed by atoms with Crippen LogP contribution in [0, 0.1) is 0 Å². The number of hydrogen-bond donors (Lipinski definition) is 0. The SMILES string of the molecule is CC(C)(C)c1cnc(-c2cccc3c2Oc2ccccc2[Si]3(C)C)c(C(C)(C)C)c1-c1cccc2c1nc1sc3ccccc3n12. The Balaban J connectivity index is 1.47. The van der Waals surface area contributed by atoms with Crippen molar-refractivity contribution in [3.05, 3.63) is 102 Å². The van der Waals surface area contributed by atoms with Crippen LogP contribution < -0.4 is 15.1 Å². The van der Waals surface area contributed by atoms with Gasteiger partial charge in [-0.1, -0.05) is 121 Å². The van der Waals surface area contributed by atoms with Gasteiger partial charge in [-0.2, -0.15) is 0 Å². The maximum Gasteiger partial charge on any atom is 0.195 e. The summed E-state index contributed by atoms with van der Waals surface area (Å²) in [6.07, 6.45) is 2.12. The smallest absolute Gasteiger partial charge is 0.195 e. The van der Waals surface area contributed by atoms with Crippen LogP contribution in [-0.2, 0) is 10.8 Å². The third-order valence-corrected chi connectivity index (χ3v) is 14.1. The number of aromatic nitrogens is 3. The van der Waals surface area contributed by atoms with Crippen LogP contribution in [0.25, 0.3) is 48.6 Å². The Morgan fingerprint density at radius 2 is 1.39 bits per heavy atom. The van der Waals surface area contributed by atoms with Crippen LogP contribution in [-0.4, -0.2) is 22.4 Å². The Labute approximate surface area is 275 Å². The number of para-hydroxylation sites is 4. The third-order valence-electron chi connectivity index (χ3n) is 9.58. The first kappa shape index (κ1) is 29.2. The van der Waals surface area contributed by atoms with E-state index in [0.29, 0.717) is 0 Å². The average molecular weight is 638 g/mol. The highest BCUT2D eigenvalue weighted by Crippen LogP contribution is 2.48. The molecular weight excluding hydrogens is 599 g/mol. The Kier molecular flexibility index (Phi) is 6.26. The molecule has 0 bridgehead atoms. The molecule has 46 heavy (non-hydrogen) atoms. The first-order valence-electron chi connectivity index (χ1n) is 16.1. The van der Waals surface area contributed by atoms with Gasteiger partial charge in [-0.05, 0) is 68.2 Å². The van der Waals surface area contributed by atoms with Gasteiger partial charge in [0.05, 0.1) is 26.9 Å². The van der Waals surface area contributed by atoms with E-state index in [1.165, 1.54) is 37.3 Å². The summed E-state index contributed by atoms with van der Waals surface area (Å²) < 4.78 is 10.4. The lowest BCUT2D eigenvalue weighted by Gasteiger charge is -2.35. The normalized spacial score (nSPS) is 14.4. The van der Waals surface area contributed by atoms with Crippen molar-refractivity contribution in [2.45, 2.75) is 65.5 Å². The first-order chi connectivity index (χ1) is 21.9. The van der Waals surface area contributed by atoms with E-state index in [0.717, 1.165) is 44.3 Å². The number of nitrogens with zero attached hydrogens (tertiary/aromatic N) is 3. The van der Waals surface area contributed by atoms with Gasteiger partial charge in [-0.3, -0.25) is 9.38 Å². The monoisotopic (exact) mass is 637 g/mol. The van der Waals surface area contributed by atoms with E-state index in [-0.39, 0.29) is 10.8 Å². The Bertz CT molecular complexity index is 2350. The second-order valence-electron chi connectivity index (χ2n) is 15.1. The largest absolute Gasteiger partial charge is 0.457 e. The van der Waals surface area contributed by atoms with Gasteiger partial charge in [0, 0.05) is 17.3 Å². The van der Waals surface area contributed by atoms with Crippen molar-refractivity contribution in [3.63, 3.8) is 0 Å². The molecule has 4 aromatic carbocycles. The van der Waals surface area contributed by atoms with Crippen LogP contribution in [0.5, 0.6) is 11.5 Å². The second kappa shape index (κ2) is 9.87. The molecule has 0 saturated heterocycles. The zero-order valence-corrected chi connectivity index (χ0v) is 29.6. The Morgan fingerprint density at radius 1 is 0.717 bits per heavy atom. The second-order valence-corrected chi connectivity index (χ2v) is 20.5. The fourth-order valence-electron chi connectivity index (χ4n) is 7.35. The zero-order chi connectivity index (χ0) is 32.2. The first-order valence-corrected chi connectivity index (χ1v) is 19.9. The summed E-state index contributed by atoms with van der Waals surface area (Å²) in [5, 5.41) is 2.65. The van der Waals surface area contributed by atoms with Gasteiger partial charge in [0.25, 0.3) is 0 Å². The highest BCUT2D eigenvalue weighted by atomic mass is 32.1. The van der Waals surface area contributed by atoms with E-state index >= 15 is 0 Å². The average Bonchev–Trinajstić information content (AvgIpc) is 3.56. The lowest BCUT2D eigenvalue weighted by Crippen LogP contribution is -2.56. The minimum Gasteiger partial charge on any atom is -0.457 e. The van der Waals surface area contributed by atoms with Crippen LogP contribution in [0.2, 0.25) is 13.1 Å². The molecule has 4 nitrogen and oxygen atoms in total. The number of pyridine rings is 1. The fraction of sp³-hybridized carbons (Fsp3) is 0.250. The molecule has 0 N–H and O–H groups in total. The quantitative estimate of drug-likeness (QED) is 0.177. The van der Waals surface area contributed by atoms with Crippen LogP contribution >= 0.6 is 11.3 Å². The van der Waals surface area contributed by atoms with Gasteiger partial charge < -0.3 is 4.74 Å². The molecule has 0 radical (unpaired) electrons. The van der Waals surface area contributed by atoms with Crippen molar-refractivity contribution in [1.82, 2.24) is 14.4 Å². The molecule has 0 atom stereocenters. The summed E-state index contributed by atoms with van der Waals surface area (Å²) >= 11 is 1.75. The number of fused-ring (bicyclic) bond motifs is 7. The molecule has 0 saturated carbocycles. The lowest BCUT2D eigenvalue weighted by molar-refractivity contribution is 0.488. The number of hydrogen-bond acceptors (Lipinski definition) is 4. The molecule has 230 valence electrons. The molecule has 0 unspecified atom stereocenters. The van der Waals surface area contributed by atoms with Crippen molar-refractivity contribution in [1.29, 1.82) is 0 Å². The summed E-state index contributed by atoms with van der Waals surface area (Å²) in [6, 6.07) is 30.5. The van der Waals surface area contributed by atoms with Gasteiger partial charge in [0.2, 0.25) is 0 Å². The van der Waals surface area contributed by atoms with Gasteiger partial charge in [-0.15, -0.1) is 0 Å². The standard InChI is InChI=1S/C40H39N3OSSi/c1-39(2,3)26-23-41-36(25-16-14-22-32-37(25)44-29-19-10-12-21-31(29)46(32,7)8)34(40(4,5)6)33(26)24-15-13-18-28-35(24)42-38-43(28)27-17-9-11-20-30(27)45-38/h9-23H,1-8H3. The molecule has 0 aliphatic carbocycles. The number of ether oxygens (including phenoxy) is 1. The fourth-order valence-corrected chi connectivity index (χ4v) is 11.2. The molecule has 7 aromatic rings. The summed E-state index contributed by atoms with van der Waals surface area (Å²) in [7, 11) is -2.01. The Hall–Kier alpha value is -4.26.